The highest BCUT2D eigenvalue weighted by Crippen LogP contribution is 2.34. The Bertz CT molecular complexity index is 588. The SMILES string of the molecule is CCc1ccc(S(=O)(=O)N(CC2CC2)C2CCNCC2)cc1. The Morgan fingerprint density at radius 3 is 2.27 bits per heavy atom. The molecule has 5 heteroatoms. The van der Waals surface area contributed by atoms with Crippen molar-refractivity contribution in [1.29, 1.82) is 0 Å². The zero-order valence-electron chi connectivity index (χ0n) is 13.3. The van der Waals surface area contributed by atoms with Crippen LogP contribution in [-0.4, -0.2) is 38.4 Å². The summed E-state index contributed by atoms with van der Waals surface area (Å²) in [5, 5.41) is 3.32. The Hall–Kier alpha value is -0.910. The van der Waals surface area contributed by atoms with Gasteiger partial charge in [0.1, 0.15) is 0 Å². The minimum atomic E-state index is -3.38. The Labute approximate surface area is 134 Å². The molecule has 1 N–H and O–H groups in total. The predicted molar refractivity (Wildman–Crippen MR) is 88.3 cm³/mol. The number of benzene rings is 1. The minimum Gasteiger partial charge on any atom is -0.317 e. The molecule has 0 amide bonds. The van der Waals surface area contributed by atoms with Crippen LogP contribution in [0.3, 0.4) is 0 Å². The van der Waals surface area contributed by atoms with E-state index in [1.807, 2.05) is 12.1 Å². The first kappa shape index (κ1) is 16.0. The molecule has 0 spiro atoms. The minimum absolute atomic E-state index is 0.151. The largest absolute Gasteiger partial charge is 0.317 e. The number of nitrogens with one attached hydrogen (secondary N) is 1. The molecule has 0 aromatic heterocycles. The molecule has 22 heavy (non-hydrogen) atoms. The van der Waals surface area contributed by atoms with Gasteiger partial charge in [0.15, 0.2) is 0 Å². The van der Waals surface area contributed by atoms with Crippen LogP contribution in [0.2, 0.25) is 0 Å². The second-order valence-electron chi connectivity index (χ2n) is 6.50. The van der Waals surface area contributed by atoms with Crippen molar-refractivity contribution in [3.63, 3.8) is 0 Å². The van der Waals surface area contributed by atoms with Crippen LogP contribution in [0.1, 0.15) is 38.2 Å². The molecular weight excluding hydrogens is 296 g/mol. The van der Waals surface area contributed by atoms with Crippen LogP contribution >= 0.6 is 0 Å². The van der Waals surface area contributed by atoms with E-state index in [2.05, 4.69) is 12.2 Å². The molecule has 1 aliphatic heterocycles. The van der Waals surface area contributed by atoms with Gasteiger partial charge < -0.3 is 5.32 Å². The van der Waals surface area contributed by atoms with E-state index in [0.29, 0.717) is 17.4 Å². The molecule has 1 saturated carbocycles. The molecule has 0 bridgehead atoms. The van der Waals surface area contributed by atoms with Gasteiger partial charge in [0.2, 0.25) is 10.0 Å². The fraction of sp³-hybridized carbons (Fsp3) is 0.647. The van der Waals surface area contributed by atoms with Gasteiger partial charge in [-0.2, -0.15) is 4.31 Å². The summed E-state index contributed by atoms with van der Waals surface area (Å²) in [6, 6.07) is 7.57. The molecule has 0 atom stereocenters. The molecular formula is C17H26N2O2S. The fourth-order valence-electron chi connectivity index (χ4n) is 3.13. The summed E-state index contributed by atoms with van der Waals surface area (Å²) in [4.78, 5) is 0.448. The molecule has 3 rings (SSSR count). The highest BCUT2D eigenvalue weighted by molar-refractivity contribution is 7.89. The summed E-state index contributed by atoms with van der Waals surface area (Å²) in [6.07, 6.45) is 5.11. The van der Waals surface area contributed by atoms with E-state index in [1.54, 1.807) is 16.4 Å². The van der Waals surface area contributed by atoms with Crippen LogP contribution < -0.4 is 5.32 Å². The van der Waals surface area contributed by atoms with Gasteiger partial charge in [-0.1, -0.05) is 19.1 Å². The van der Waals surface area contributed by atoms with Crippen molar-refractivity contribution in [2.75, 3.05) is 19.6 Å². The molecule has 1 heterocycles. The van der Waals surface area contributed by atoms with E-state index in [9.17, 15) is 8.42 Å². The standard InChI is InChI=1S/C17H26N2O2S/c1-2-14-5-7-17(8-6-14)22(20,21)19(13-15-3-4-15)16-9-11-18-12-10-16/h5-8,15-16,18H,2-4,9-13H2,1H3. The van der Waals surface area contributed by atoms with Gasteiger partial charge in [-0.25, -0.2) is 8.42 Å². The van der Waals surface area contributed by atoms with E-state index in [1.165, 1.54) is 18.4 Å². The second-order valence-corrected chi connectivity index (χ2v) is 8.39. The normalized spacial score (nSPS) is 20.5. The molecule has 0 radical (unpaired) electrons. The van der Waals surface area contributed by atoms with Crippen molar-refractivity contribution in [3.8, 4) is 0 Å². The number of aryl methyl sites for hydroxylation is 1. The zero-order chi connectivity index (χ0) is 15.6. The lowest BCUT2D eigenvalue weighted by molar-refractivity contribution is 0.255. The van der Waals surface area contributed by atoms with Crippen molar-refractivity contribution in [2.24, 2.45) is 5.92 Å². The van der Waals surface area contributed by atoms with Crippen molar-refractivity contribution in [2.45, 2.75) is 50.0 Å². The highest BCUT2D eigenvalue weighted by atomic mass is 32.2. The number of hydrogen-bond acceptors (Lipinski definition) is 3. The van der Waals surface area contributed by atoms with Crippen LogP contribution in [0.5, 0.6) is 0 Å². The molecule has 1 aromatic carbocycles. The Morgan fingerprint density at radius 1 is 1.09 bits per heavy atom. The first-order valence-corrected chi connectivity index (χ1v) is 9.86. The van der Waals surface area contributed by atoms with Crippen molar-refractivity contribution in [3.05, 3.63) is 29.8 Å². The zero-order valence-corrected chi connectivity index (χ0v) is 14.1. The summed E-state index contributed by atoms with van der Waals surface area (Å²) >= 11 is 0. The molecule has 1 aliphatic carbocycles. The fourth-order valence-corrected chi connectivity index (χ4v) is 4.89. The van der Waals surface area contributed by atoms with Gasteiger partial charge in [0, 0.05) is 12.6 Å². The third kappa shape index (κ3) is 3.53. The van der Waals surface area contributed by atoms with Crippen LogP contribution in [0.4, 0.5) is 0 Å². The maximum absolute atomic E-state index is 13.1. The van der Waals surface area contributed by atoms with Crippen molar-refractivity contribution in [1.82, 2.24) is 9.62 Å². The van der Waals surface area contributed by atoms with Gasteiger partial charge in [0.05, 0.1) is 4.90 Å². The monoisotopic (exact) mass is 322 g/mol. The molecule has 0 unspecified atom stereocenters. The average molecular weight is 322 g/mol. The first-order chi connectivity index (χ1) is 10.6. The third-order valence-corrected chi connectivity index (χ3v) is 6.72. The van der Waals surface area contributed by atoms with Gasteiger partial charge in [-0.3, -0.25) is 0 Å². The van der Waals surface area contributed by atoms with Crippen molar-refractivity contribution >= 4 is 10.0 Å². The Kier molecular flexibility index (Phi) is 4.85. The van der Waals surface area contributed by atoms with E-state index >= 15 is 0 Å². The molecule has 1 saturated heterocycles. The van der Waals surface area contributed by atoms with Crippen LogP contribution in [0, 0.1) is 5.92 Å². The third-order valence-electron chi connectivity index (χ3n) is 4.79. The van der Waals surface area contributed by atoms with E-state index in [4.69, 9.17) is 0 Å². The summed E-state index contributed by atoms with van der Waals surface area (Å²) in [7, 11) is -3.38. The average Bonchev–Trinajstić information content (AvgIpc) is 3.37. The molecule has 4 nitrogen and oxygen atoms in total. The molecule has 1 aromatic rings. The number of nitrogens with zero attached hydrogens (tertiary/aromatic N) is 1. The Balaban J connectivity index is 1.85. The lowest BCUT2D eigenvalue weighted by Crippen LogP contribution is -2.46. The topological polar surface area (TPSA) is 49.4 Å². The summed E-state index contributed by atoms with van der Waals surface area (Å²) in [5.74, 6) is 0.569. The molecule has 2 aliphatic rings. The molecule has 2 fully saturated rings. The number of rotatable bonds is 6. The van der Waals surface area contributed by atoms with Gasteiger partial charge in [0.25, 0.3) is 0 Å². The van der Waals surface area contributed by atoms with Gasteiger partial charge >= 0.3 is 0 Å². The predicted octanol–water partition coefficient (Wildman–Crippen LogP) is 2.40. The lowest BCUT2D eigenvalue weighted by Gasteiger charge is -2.34. The van der Waals surface area contributed by atoms with E-state index in [-0.39, 0.29) is 6.04 Å². The van der Waals surface area contributed by atoms with Gasteiger partial charge in [-0.15, -0.1) is 0 Å². The van der Waals surface area contributed by atoms with Crippen molar-refractivity contribution < 1.29 is 8.42 Å². The summed E-state index contributed by atoms with van der Waals surface area (Å²) in [6.45, 7) is 4.60. The first-order valence-electron chi connectivity index (χ1n) is 8.42. The maximum Gasteiger partial charge on any atom is 0.243 e. The molecule has 122 valence electrons. The number of sulfonamides is 1. The number of hydrogen-bond donors (Lipinski definition) is 1. The maximum atomic E-state index is 13.1. The van der Waals surface area contributed by atoms with Crippen LogP contribution in [0.25, 0.3) is 0 Å². The quantitative estimate of drug-likeness (QED) is 0.875. The Morgan fingerprint density at radius 2 is 1.73 bits per heavy atom. The second kappa shape index (κ2) is 6.69. The smallest absolute Gasteiger partial charge is 0.243 e. The van der Waals surface area contributed by atoms with E-state index in [0.717, 1.165) is 32.4 Å². The highest BCUT2D eigenvalue weighted by Gasteiger charge is 2.36. The number of piperidine rings is 1. The summed E-state index contributed by atoms with van der Waals surface area (Å²) in [5.41, 5.74) is 1.18. The van der Waals surface area contributed by atoms with Crippen LogP contribution in [0.15, 0.2) is 29.2 Å². The van der Waals surface area contributed by atoms with Gasteiger partial charge in [-0.05, 0) is 68.8 Å². The lowest BCUT2D eigenvalue weighted by atomic mass is 10.1. The summed E-state index contributed by atoms with van der Waals surface area (Å²) < 4.78 is 28.0. The van der Waals surface area contributed by atoms with Crippen LogP contribution in [-0.2, 0) is 16.4 Å². The van der Waals surface area contributed by atoms with E-state index < -0.39 is 10.0 Å².